The summed E-state index contributed by atoms with van der Waals surface area (Å²) in [4.78, 5) is 36.3. The monoisotopic (exact) mass is 507 g/mol. The van der Waals surface area contributed by atoms with E-state index in [1.54, 1.807) is 36.4 Å². The summed E-state index contributed by atoms with van der Waals surface area (Å²) in [6, 6.07) is 19.1. The van der Waals surface area contributed by atoms with Crippen molar-refractivity contribution in [2.75, 3.05) is 5.01 Å². The van der Waals surface area contributed by atoms with Crippen LogP contribution in [0.4, 0.5) is 11.4 Å². The number of hydrogen-bond donors (Lipinski definition) is 1. The van der Waals surface area contributed by atoms with E-state index in [0.717, 1.165) is 16.1 Å². The van der Waals surface area contributed by atoms with E-state index in [1.165, 1.54) is 12.1 Å². The van der Waals surface area contributed by atoms with Gasteiger partial charge in [-0.3, -0.25) is 25.1 Å². The Hall–Kier alpha value is -3.98. The zero-order valence-corrected chi connectivity index (χ0v) is 19.0. The Morgan fingerprint density at radius 3 is 2.45 bits per heavy atom. The van der Waals surface area contributed by atoms with E-state index in [9.17, 15) is 19.7 Å². The van der Waals surface area contributed by atoms with Gasteiger partial charge in [0.25, 0.3) is 11.8 Å². The normalized spacial score (nSPS) is 14.5. The number of benzene rings is 3. The zero-order chi connectivity index (χ0) is 23.5. The maximum atomic E-state index is 12.8. The number of nitro benzene ring substituents is 1. The number of aryl methyl sites for hydroxylation is 1. The minimum absolute atomic E-state index is 0.0656. The van der Waals surface area contributed by atoms with Gasteiger partial charge >= 0.3 is 5.69 Å². The van der Waals surface area contributed by atoms with Crippen molar-refractivity contribution in [3.05, 3.63) is 104 Å². The topological polar surface area (TPSA) is 102 Å². The predicted molar refractivity (Wildman–Crippen MR) is 126 cm³/mol. The van der Waals surface area contributed by atoms with E-state index in [0.29, 0.717) is 15.7 Å². The van der Waals surface area contributed by atoms with Crippen LogP contribution in [-0.4, -0.2) is 16.7 Å². The van der Waals surface area contributed by atoms with Crippen molar-refractivity contribution >= 4 is 45.2 Å². The van der Waals surface area contributed by atoms with Crippen LogP contribution in [0.3, 0.4) is 0 Å². The second-order valence-electron chi connectivity index (χ2n) is 7.36. The molecular weight excluding hydrogens is 490 g/mol. The number of nitrogens with one attached hydrogen (secondary N) is 1. The second-order valence-corrected chi connectivity index (χ2v) is 8.21. The van der Waals surface area contributed by atoms with Crippen LogP contribution in [0.2, 0.25) is 0 Å². The van der Waals surface area contributed by atoms with Crippen LogP contribution in [0.25, 0.3) is 6.08 Å². The lowest BCUT2D eigenvalue weighted by Crippen LogP contribution is -2.35. The van der Waals surface area contributed by atoms with Crippen molar-refractivity contribution in [3.8, 4) is 5.75 Å². The third kappa shape index (κ3) is 4.78. The van der Waals surface area contributed by atoms with E-state index in [4.69, 9.17) is 4.74 Å². The molecule has 1 fully saturated rings. The van der Waals surface area contributed by atoms with Crippen LogP contribution in [0.5, 0.6) is 5.75 Å². The average molecular weight is 508 g/mol. The minimum atomic E-state index is -0.595. The number of carbonyl (C=O) groups excluding carboxylic acids is 2. The summed E-state index contributed by atoms with van der Waals surface area (Å²) in [5.41, 5.74) is 4.86. The van der Waals surface area contributed by atoms with E-state index >= 15 is 0 Å². The maximum Gasteiger partial charge on any atom is 0.312 e. The van der Waals surface area contributed by atoms with Crippen LogP contribution < -0.4 is 15.2 Å². The summed E-state index contributed by atoms with van der Waals surface area (Å²) in [6.07, 6.45) is 1.32. The first-order chi connectivity index (χ1) is 15.8. The molecule has 0 bridgehead atoms. The fourth-order valence-electron chi connectivity index (χ4n) is 3.28. The molecule has 8 nitrogen and oxygen atoms in total. The van der Waals surface area contributed by atoms with Gasteiger partial charge in [-0.15, -0.1) is 0 Å². The first-order valence-electron chi connectivity index (χ1n) is 9.92. The molecular formula is C24H18BrN3O5. The second kappa shape index (κ2) is 9.25. The van der Waals surface area contributed by atoms with Crippen molar-refractivity contribution in [2.45, 2.75) is 13.5 Å². The number of anilines is 1. The highest BCUT2D eigenvalue weighted by Gasteiger charge is 2.34. The van der Waals surface area contributed by atoms with E-state index in [1.807, 2.05) is 31.2 Å². The van der Waals surface area contributed by atoms with Crippen LogP contribution in [-0.2, 0) is 16.2 Å². The molecule has 166 valence electrons. The zero-order valence-electron chi connectivity index (χ0n) is 17.4. The molecule has 1 aliphatic heterocycles. The molecule has 0 aliphatic carbocycles. The lowest BCUT2D eigenvalue weighted by atomic mass is 10.1. The third-order valence-corrected chi connectivity index (χ3v) is 5.55. The van der Waals surface area contributed by atoms with Crippen LogP contribution >= 0.6 is 15.9 Å². The number of nitrogens with zero attached hydrogens (tertiary/aromatic N) is 2. The summed E-state index contributed by atoms with van der Waals surface area (Å²) in [6.45, 7) is 2.11. The molecule has 1 heterocycles. The summed E-state index contributed by atoms with van der Waals surface area (Å²) < 4.78 is 6.07. The predicted octanol–water partition coefficient (Wildman–Crippen LogP) is 4.71. The Kier molecular flexibility index (Phi) is 6.23. The highest BCUT2D eigenvalue weighted by atomic mass is 79.9. The standard InChI is InChI=1S/C24H18BrN3O5/c1-15-7-9-16(10-8-15)14-33-22-20(25)12-17(13-21(22)28(31)32)11-19-23(29)26-27(24(19)30)18-5-3-2-4-6-18/h2-13H,14H2,1H3,(H,26,29)/b19-11-. The molecule has 1 aliphatic rings. The quantitative estimate of drug-likeness (QED) is 0.225. The molecule has 3 aromatic rings. The van der Waals surface area contributed by atoms with Gasteiger partial charge in [0.2, 0.25) is 5.75 Å². The molecule has 0 unspecified atom stereocenters. The molecule has 4 rings (SSSR count). The molecule has 1 N–H and O–H groups in total. The number of nitro groups is 1. The molecule has 0 radical (unpaired) electrons. The van der Waals surface area contributed by atoms with E-state index < -0.39 is 16.7 Å². The Labute approximate surface area is 197 Å². The van der Waals surface area contributed by atoms with Crippen molar-refractivity contribution in [2.24, 2.45) is 0 Å². The molecule has 0 aromatic heterocycles. The van der Waals surface area contributed by atoms with Crippen LogP contribution in [0.1, 0.15) is 16.7 Å². The fraction of sp³-hybridized carbons (Fsp3) is 0.0833. The molecule has 2 amide bonds. The molecule has 0 saturated carbocycles. The number of hydrogen-bond acceptors (Lipinski definition) is 5. The molecule has 3 aromatic carbocycles. The number of ether oxygens (including phenoxy) is 1. The molecule has 33 heavy (non-hydrogen) atoms. The number of halogens is 1. The van der Waals surface area contributed by atoms with Crippen molar-refractivity contribution in [1.82, 2.24) is 5.43 Å². The largest absolute Gasteiger partial charge is 0.481 e. The first-order valence-corrected chi connectivity index (χ1v) is 10.7. The first kappa shape index (κ1) is 22.2. The van der Waals surface area contributed by atoms with Gasteiger partial charge in [-0.25, -0.2) is 5.01 Å². The Morgan fingerprint density at radius 1 is 1.09 bits per heavy atom. The van der Waals surface area contributed by atoms with Crippen molar-refractivity contribution in [3.63, 3.8) is 0 Å². The lowest BCUT2D eigenvalue weighted by molar-refractivity contribution is -0.386. The minimum Gasteiger partial charge on any atom is -0.481 e. The van der Waals surface area contributed by atoms with Gasteiger partial charge < -0.3 is 4.74 Å². The Bertz CT molecular complexity index is 1270. The number of hydrazine groups is 1. The highest BCUT2D eigenvalue weighted by molar-refractivity contribution is 9.10. The summed E-state index contributed by atoms with van der Waals surface area (Å²) in [7, 11) is 0. The van der Waals surface area contributed by atoms with E-state index in [-0.39, 0.29) is 23.6 Å². The number of carbonyl (C=O) groups is 2. The maximum absolute atomic E-state index is 12.8. The van der Waals surface area contributed by atoms with Gasteiger partial charge in [0.15, 0.2) is 0 Å². The van der Waals surface area contributed by atoms with Crippen LogP contribution in [0.15, 0.2) is 76.8 Å². The fourth-order valence-corrected chi connectivity index (χ4v) is 3.87. The van der Waals surface area contributed by atoms with Gasteiger partial charge in [0.05, 0.1) is 15.1 Å². The SMILES string of the molecule is Cc1ccc(COc2c(Br)cc(/C=C3/C(=O)NN(c4ccccc4)C3=O)cc2[N+](=O)[O-])cc1. The smallest absolute Gasteiger partial charge is 0.312 e. The molecule has 1 saturated heterocycles. The highest BCUT2D eigenvalue weighted by Crippen LogP contribution is 2.38. The third-order valence-electron chi connectivity index (χ3n) is 4.96. The van der Waals surface area contributed by atoms with Crippen molar-refractivity contribution in [1.29, 1.82) is 0 Å². The van der Waals surface area contributed by atoms with E-state index in [2.05, 4.69) is 21.4 Å². The summed E-state index contributed by atoms with van der Waals surface area (Å²) in [5.74, 6) is -1.08. The number of para-hydroxylation sites is 1. The van der Waals surface area contributed by atoms with Crippen molar-refractivity contribution < 1.29 is 19.2 Å². The molecule has 9 heteroatoms. The lowest BCUT2D eigenvalue weighted by Gasteiger charge is -2.13. The van der Waals surface area contributed by atoms with Gasteiger partial charge in [-0.1, -0.05) is 48.0 Å². The van der Waals surface area contributed by atoms with Gasteiger partial charge in [-0.2, -0.15) is 0 Å². The number of amides is 2. The summed E-state index contributed by atoms with van der Waals surface area (Å²) >= 11 is 3.33. The molecule has 0 atom stereocenters. The number of rotatable bonds is 6. The van der Waals surface area contributed by atoms with Gasteiger partial charge in [-0.05, 0) is 58.3 Å². The van der Waals surface area contributed by atoms with Gasteiger partial charge in [0, 0.05) is 6.07 Å². The molecule has 0 spiro atoms. The average Bonchev–Trinajstić information content (AvgIpc) is 3.08. The van der Waals surface area contributed by atoms with Crippen LogP contribution in [0, 0.1) is 17.0 Å². The summed E-state index contributed by atoms with van der Waals surface area (Å²) in [5, 5.41) is 12.9. The Morgan fingerprint density at radius 2 is 1.79 bits per heavy atom. The Balaban J connectivity index is 1.63. The van der Waals surface area contributed by atoms with Gasteiger partial charge in [0.1, 0.15) is 12.2 Å².